The first-order valence-corrected chi connectivity index (χ1v) is 7.59. The fraction of sp³-hybridized carbons (Fsp3) is 0.0909. The fourth-order valence-electron chi connectivity index (χ4n) is 1.35. The minimum absolute atomic E-state index is 0.0834. The average Bonchev–Trinajstić information content (AvgIpc) is 2.40. The zero-order valence-electron chi connectivity index (χ0n) is 10.0. The second kappa shape index (κ2) is 6.38. The van der Waals surface area contributed by atoms with Gasteiger partial charge in [-0.3, -0.25) is 10.1 Å². The molecule has 0 saturated carbocycles. The highest BCUT2D eigenvalue weighted by Crippen LogP contribution is 2.33. The third kappa shape index (κ3) is 3.59. The van der Waals surface area contributed by atoms with Gasteiger partial charge in [0.15, 0.2) is 5.16 Å². The van der Waals surface area contributed by atoms with Gasteiger partial charge in [-0.1, -0.05) is 39.3 Å². The minimum Gasteiger partial charge on any atom is -0.432 e. The van der Waals surface area contributed by atoms with Crippen LogP contribution in [0.4, 0.5) is 5.69 Å². The number of benzene rings is 1. The molecule has 0 amide bonds. The Balaban J connectivity index is 2.39. The van der Waals surface area contributed by atoms with Crippen LogP contribution in [0.1, 0.15) is 0 Å². The van der Waals surface area contributed by atoms with Gasteiger partial charge in [0.25, 0.3) is 0 Å². The van der Waals surface area contributed by atoms with Crippen LogP contribution < -0.4 is 4.74 Å². The molecule has 1 heterocycles. The van der Waals surface area contributed by atoms with Crippen molar-refractivity contribution in [2.24, 2.45) is 0 Å². The highest BCUT2D eigenvalue weighted by atomic mass is 79.9. The normalized spacial score (nSPS) is 10.3. The van der Waals surface area contributed by atoms with Gasteiger partial charge in [-0.15, -0.1) is 0 Å². The molecule has 0 aliphatic carbocycles. The van der Waals surface area contributed by atoms with Crippen LogP contribution in [0.5, 0.6) is 11.6 Å². The van der Waals surface area contributed by atoms with Gasteiger partial charge in [-0.25, -0.2) is 4.98 Å². The lowest BCUT2D eigenvalue weighted by Gasteiger charge is -2.06. The zero-order chi connectivity index (χ0) is 14.7. The average molecular weight is 377 g/mol. The van der Waals surface area contributed by atoms with E-state index in [0.717, 1.165) is 0 Å². The summed E-state index contributed by atoms with van der Waals surface area (Å²) in [6.45, 7) is 0. The van der Waals surface area contributed by atoms with Crippen molar-refractivity contribution in [2.45, 2.75) is 5.16 Å². The number of nitrogens with zero attached hydrogens (tertiary/aromatic N) is 3. The van der Waals surface area contributed by atoms with E-state index in [9.17, 15) is 10.1 Å². The number of thioether (sulfide) groups is 1. The van der Waals surface area contributed by atoms with E-state index in [1.165, 1.54) is 30.0 Å². The highest BCUT2D eigenvalue weighted by molar-refractivity contribution is 9.10. The third-order valence-corrected chi connectivity index (χ3v) is 3.40. The molecule has 104 valence electrons. The van der Waals surface area contributed by atoms with Crippen LogP contribution in [-0.4, -0.2) is 21.1 Å². The second-order valence-electron chi connectivity index (χ2n) is 3.49. The maximum absolute atomic E-state index is 11.0. The van der Waals surface area contributed by atoms with Crippen molar-refractivity contribution in [2.75, 3.05) is 6.26 Å². The molecule has 0 radical (unpaired) electrons. The molecule has 0 fully saturated rings. The number of aromatic nitrogens is 2. The van der Waals surface area contributed by atoms with Crippen molar-refractivity contribution in [3.05, 3.63) is 44.0 Å². The number of ether oxygens (including phenoxy) is 1. The van der Waals surface area contributed by atoms with Gasteiger partial charge in [0, 0.05) is 16.6 Å². The smallest absolute Gasteiger partial charge is 0.312 e. The quantitative estimate of drug-likeness (QED) is 0.260. The monoisotopic (exact) mass is 375 g/mol. The van der Waals surface area contributed by atoms with Crippen molar-refractivity contribution >= 4 is 45.0 Å². The zero-order valence-corrected chi connectivity index (χ0v) is 13.2. The summed E-state index contributed by atoms with van der Waals surface area (Å²) in [6.07, 6.45) is 1.79. The van der Waals surface area contributed by atoms with Crippen molar-refractivity contribution < 1.29 is 9.66 Å². The van der Waals surface area contributed by atoms with E-state index in [1.54, 1.807) is 12.3 Å². The fourth-order valence-corrected chi connectivity index (χ4v) is 2.30. The second-order valence-corrected chi connectivity index (χ2v) is 5.56. The summed E-state index contributed by atoms with van der Waals surface area (Å²) in [5, 5.41) is 11.6. The lowest BCUT2D eigenvalue weighted by atomic mass is 10.3. The van der Waals surface area contributed by atoms with Crippen molar-refractivity contribution in [3.8, 4) is 11.6 Å². The number of nitro benzene ring substituents is 1. The van der Waals surface area contributed by atoms with E-state index in [1.807, 2.05) is 0 Å². The van der Waals surface area contributed by atoms with Crippen LogP contribution in [0.2, 0.25) is 5.15 Å². The van der Waals surface area contributed by atoms with E-state index >= 15 is 0 Å². The molecule has 0 aliphatic heterocycles. The van der Waals surface area contributed by atoms with Crippen LogP contribution in [0.25, 0.3) is 0 Å². The molecule has 0 unspecified atom stereocenters. The van der Waals surface area contributed by atoms with Gasteiger partial charge < -0.3 is 4.74 Å². The molecule has 0 saturated heterocycles. The predicted molar refractivity (Wildman–Crippen MR) is 79.7 cm³/mol. The molecular weight excluding hydrogens is 370 g/mol. The standard InChI is InChI=1S/C11H7BrClN3O3S/c1-20-11-14-9(13)5-10(15-11)19-8-3-2-6(12)4-7(8)16(17)18/h2-5H,1H3. The third-order valence-electron chi connectivity index (χ3n) is 2.17. The van der Waals surface area contributed by atoms with Gasteiger partial charge in [-0.05, 0) is 18.4 Å². The number of hydrogen-bond donors (Lipinski definition) is 0. The molecule has 2 aromatic rings. The highest BCUT2D eigenvalue weighted by Gasteiger charge is 2.17. The molecule has 0 spiro atoms. The van der Waals surface area contributed by atoms with Crippen LogP contribution in [0.3, 0.4) is 0 Å². The Morgan fingerprint density at radius 1 is 1.40 bits per heavy atom. The number of nitro groups is 1. The van der Waals surface area contributed by atoms with Gasteiger partial charge >= 0.3 is 5.69 Å². The van der Waals surface area contributed by atoms with Crippen molar-refractivity contribution in [1.82, 2.24) is 9.97 Å². The molecule has 0 aliphatic rings. The summed E-state index contributed by atoms with van der Waals surface area (Å²) in [5.41, 5.74) is -0.167. The molecular formula is C11H7BrClN3O3S. The Hall–Kier alpha value is -1.38. The Labute approximate surface area is 131 Å². The summed E-state index contributed by atoms with van der Waals surface area (Å²) in [7, 11) is 0. The Bertz CT molecular complexity index is 671. The van der Waals surface area contributed by atoms with Crippen LogP contribution in [-0.2, 0) is 0 Å². The van der Waals surface area contributed by atoms with E-state index in [2.05, 4.69) is 25.9 Å². The lowest BCUT2D eigenvalue weighted by Crippen LogP contribution is -1.96. The minimum atomic E-state index is -0.529. The number of hydrogen-bond acceptors (Lipinski definition) is 6. The molecule has 1 aromatic carbocycles. The van der Waals surface area contributed by atoms with E-state index in [4.69, 9.17) is 16.3 Å². The van der Waals surface area contributed by atoms with Crippen molar-refractivity contribution in [3.63, 3.8) is 0 Å². The molecule has 1 aromatic heterocycles. The topological polar surface area (TPSA) is 78.2 Å². The molecule has 0 atom stereocenters. The molecule has 6 nitrogen and oxygen atoms in total. The Morgan fingerprint density at radius 2 is 2.15 bits per heavy atom. The summed E-state index contributed by atoms with van der Waals surface area (Å²) >= 11 is 10.3. The van der Waals surface area contributed by atoms with Gasteiger partial charge in [0.2, 0.25) is 11.6 Å². The maximum Gasteiger partial charge on any atom is 0.312 e. The van der Waals surface area contributed by atoms with E-state index < -0.39 is 4.92 Å². The molecule has 0 N–H and O–H groups in total. The predicted octanol–water partition coefficient (Wildman–Crippen LogP) is 4.31. The summed E-state index contributed by atoms with van der Waals surface area (Å²) in [6, 6.07) is 5.87. The first kappa shape index (κ1) is 15.0. The lowest BCUT2D eigenvalue weighted by molar-refractivity contribution is -0.385. The molecule has 9 heteroatoms. The van der Waals surface area contributed by atoms with Crippen LogP contribution in [0.15, 0.2) is 33.9 Å². The SMILES string of the molecule is CSc1nc(Cl)cc(Oc2ccc(Br)cc2[N+](=O)[O-])n1. The summed E-state index contributed by atoms with van der Waals surface area (Å²) in [5.74, 6) is 0.236. The van der Waals surface area contributed by atoms with Crippen LogP contribution in [0, 0.1) is 10.1 Å². The van der Waals surface area contributed by atoms with Crippen LogP contribution >= 0.6 is 39.3 Å². The van der Waals surface area contributed by atoms with E-state index in [-0.39, 0.29) is 22.5 Å². The van der Waals surface area contributed by atoms with E-state index in [0.29, 0.717) is 9.63 Å². The molecule has 20 heavy (non-hydrogen) atoms. The molecule has 0 bridgehead atoms. The Kier molecular flexibility index (Phi) is 4.79. The summed E-state index contributed by atoms with van der Waals surface area (Å²) in [4.78, 5) is 18.5. The Morgan fingerprint density at radius 3 is 2.80 bits per heavy atom. The summed E-state index contributed by atoms with van der Waals surface area (Å²) < 4.78 is 6.02. The number of halogens is 2. The van der Waals surface area contributed by atoms with Gasteiger partial charge in [0.05, 0.1) is 4.92 Å². The van der Waals surface area contributed by atoms with Gasteiger partial charge in [0.1, 0.15) is 5.15 Å². The molecule has 2 rings (SSSR count). The largest absolute Gasteiger partial charge is 0.432 e. The van der Waals surface area contributed by atoms with Crippen molar-refractivity contribution in [1.29, 1.82) is 0 Å². The first-order valence-electron chi connectivity index (χ1n) is 5.20. The maximum atomic E-state index is 11.0. The first-order chi connectivity index (χ1) is 9.49. The van der Waals surface area contributed by atoms with Gasteiger partial charge in [-0.2, -0.15) is 4.98 Å². The number of rotatable bonds is 4.